The maximum Gasteiger partial charge on any atom is 0.337 e. The molecule has 0 aromatic heterocycles. The van der Waals surface area contributed by atoms with Crippen LogP contribution in [0.3, 0.4) is 0 Å². The molecule has 98 valence electrons. The lowest BCUT2D eigenvalue weighted by atomic mass is 10.2. The van der Waals surface area contributed by atoms with Crippen LogP contribution < -0.4 is 5.73 Å². The van der Waals surface area contributed by atoms with Gasteiger partial charge in [0, 0.05) is 22.9 Å². The fourth-order valence-corrected chi connectivity index (χ4v) is 2.94. The summed E-state index contributed by atoms with van der Waals surface area (Å²) in [4.78, 5) is 12.4. The van der Waals surface area contributed by atoms with Gasteiger partial charge >= 0.3 is 5.97 Å². The number of methoxy groups -OCH3 is 1. The van der Waals surface area contributed by atoms with E-state index in [0.717, 1.165) is 30.1 Å². The van der Waals surface area contributed by atoms with Gasteiger partial charge in [-0.05, 0) is 31.0 Å². The largest absolute Gasteiger partial charge is 0.465 e. The van der Waals surface area contributed by atoms with Gasteiger partial charge in [0.25, 0.3) is 0 Å². The molecule has 2 rings (SSSR count). The van der Waals surface area contributed by atoms with E-state index in [0.29, 0.717) is 17.4 Å². The van der Waals surface area contributed by atoms with E-state index >= 15 is 0 Å². The molecule has 1 unspecified atom stereocenters. The van der Waals surface area contributed by atoms with Gasteiger partial charge < -0.3 is 15.2 Å². The normalized spacial score (nSPS) is 18.8. The first kappa shape index (κ1) is 13.2. The van der Waals surface area contributed by atoms with Crippen LogP contribution in [0.1, 0.15) is 23.2 Å². The van der Waals surface area contributed by atoms with Gasteiger partial charge in [0.15, 0.2) is 0 Å². The Labute approximate surface area is 111 Å². The molecule has 1 aliphatic heterocycles. The molecule has 1 atom stereocenters. The lowest BCUT2D eigenvalue weighted by Crippen LogP contribution is -2.08. The Morgan fingerprint density at radius 3 is 3.11 bits per heavy atom. The van der Waals surface area contributed by atoms with E-state index in [2.05, 4.69) is 0 Å². The third-order valence-corrected chi connectivity index (χ3v) is 4.09. The zero-order valence-corrected chi connectivity index (χ0v) is 11.2. The van der Waals surface area contributed by atoms with Crippen molar-refractivity contribution in [2.75, 3.05) is 25.2 Å². The van der Waals surface area contributed by atoms with Gasteiger partial charge in [-0.1, -0.05) is 0 Å². The molecule has 4 nitrogen and oxygen atoms in total. The molecule has 18 heavy (non-hydrogen) atoms. The minimum Gasteiger partial charge on any atom is -0.465 e. The van der Waals surface area contributed by atoms with Gasteiger partial charge in [-0.3, -0.25) is 0 Å². The smallest absolute Gasteiger partial charge is 0.337 e. The number of benzene rings is 1. The Balaban J connectivity index is 2.03. The van der Waals surface area contributed by atoms with E-state index < -0.39 is 0 Å². The summed E-state index contributed by atoms with van der Waals surface area (Å²) >= 11 is 1.63. The third-order valence-electron chi connectivity index (χ3n) is 2.88. The van der Waals surface area contributed by atoms with Crippen molar-refractivity contribution in [3.8, 4) is 0 Å². The van der Waals surface area contributed by atoms with Crippen molar-refractivity contribution in [3.63, 3.8) is 0 Å². The molecule has 1 heterocycles. The summed E-state index contributed by atoms with van der Waals surface area (Å²) in [5, 5.41) is 0. The first-order chi connectivity index (χ1) is 8.70. The van der Waals surface area contributed by atoms with Crippen molar-refractivity contribution in [1.82, 2.24) is 0 Å². The average molecular weight is 267 g/mol. The highest BCUT2D eigenvalue weighted by atomic mass is 32.2. The third kappa shape index (κ3) is 3.17. The molecule has 0 aliphatic carbocycles. The summed E-state index contributed by atoms with van der Waals surface area (Å²) in [5.41, 5.74) is 7.12. The van der Waals surface area contributed by atoms with Crippen molar-refractivity contribution in [1.29, 1.82) is 0 Å². The Morgan fingerprint density at radius 1 is 1.61 bits per heavy atom. The van der Waals surface area contributed by atoms with Crippen molar-refractivity contribution in [2.24, 2.45) is 0 Å². The van der Waals surface area contributed by atoms with Crippen LogP contribution in [0.15, 0.2) is 23.1 Å². The van der Waals surface area contributed by atoms with Crippen LogP contribution in [-0.2, 0) is 9.47 Å². The number of nitrogens with two attached hydrogens (primary N) is 1. The fraction of sp³-hybridized carbons (Fsp3) is 0.462. The quantitative estimate of drug-likeness (QED) is 0.515. The molecule has 1 aromatic carbocycles. The van der Waals surface area contributed by atoms with Crippen LogP contribution in [0.2, 0.25) is 0 Å². The maximum absolute atomic E-state index is 11.4. The van der Waals surface area contributed by atoms with E-state index in [1.807, 2.05) is 0 Å². The average Bonchev–Trinajstić information content (AvgIpc) is 2.90. The number of carbonyl (C=O) groups excluding carboxylic acids is 1. The summed E-state index contributed by atoms with van der Waals surface area (Å²) in [6.45, 7) is 0.850. The van der Waals surface area contributed by atoms with E-state index in [9.17, 15) is 4.79 Å². The monoisotopic (exact) mass is 267 g/mol. The Bertz CT molecular complexity index is 430. The lowest BCUT2D eigenvalue weighted by molar-refractivity contribution is 0.0600. The summed E-state index contributed by atoms with van der Waals surface area (Å²) < 4.78 is 10.3. The zero-order chi connectivity index (χ0) is 13.0. The van der Waals surface area contributed by atoms with Crippen LogP contribution in [0.5, 0.6) is 0 Å². The molecule has 0 bridgehead atoms. The van der Waals surface area contributed by atoms with Crippen LogP contribution in [0.25, 0.3) is 0 Å². The SMILES string of the molecule is COC(=O)c1ccc(N)c(SCC2CCCO2)c1. The number of hydrogen-bond acceptors (Lipinski definition) is 5. The predicted octanol–water partition coefficient (Wildman–Crippen LogP) is 2.33. The maximum atomic E-state index is 11.4. The summed E-state index contributed by atoms with van der Waals surface area (Å²) in [6.07, 6.45) is 2.53. The van der Waals surface area contributed by atoms with Gasteiger partial charge in [-0.2, -0.15) is 0 Å². The Morgan fingerprint density at radius 2 is 2.44 bits per heavy atom. The predicted molar refractivity (Wildman–Crippen MR) is 71.9 cm³/mol. The van der Waals surface area contributed by atoms with Gasteiger partial charge in [-0.25, -0.2) is 4.79 Å². The van der Waals surface area contributed by atoms with Crippen molar-refractivity contribution in [2.45, 2.75) is 23.8 Å². The highest BCUT2D eigenvalue weighted by Crippen LogP contribution is 2.29. The number of rotatable bonds is 4. The molecule has 1 aliphatic rings. The second kappa shape index (κ2) is 6.11. The van der Waals surface area contributed by atoms with Crippen molar-refractivity contribution in [3.05, 3.63) is 23.8 Å². The first-order valence-electron chi connectivity index (χ1n) is 5.93. The molecule has 5 heteroatoms. The number of carbonyl (C=O) groups is 1. The zero-order valence-electron chi connectivity index (χ0n) is 10.3. The minimum absolute atomic E-state index is 0.302. The number of anilines is 1. The summed E-state index contributed by atoms with van der Waals surface area (Å²) in [7, 11) is 1.37. The van der Waals surface area contributed by atoms with Crippen LogP contribution in [0.4, 0.5) is 5.69 Å². The number of hydrogen-bond donors (Lipinski definition) is 1. The van der Waals surface area contributed by atoms with E-state index in [1.165, 1.54) is 7.11 Å². The standard InChI is InChI=1S/C13H17NO3S/c1-16-13(15)9-4-5-11(14)12(7-9)18-8-10-3-2-6-17-10/h4-5,7,10H,2-3,6,8,14H2,1H3. The number of thioether (sulfide) groups is 1. The van der Waals surface area contributed by atoms with E-state index in [-0.39, 0.29) is 5.97 Å². The second-order valence-electron chi connectivity index (χ2n) is 4.19. The van der Waals surface area contributed by atoms with Gasteiger partial charge in [0.05, 0.1) is 18.8 Å². The molecule has 0 amide bonds. The lowest BCUT2D eigenvalue weighted by Gasteiger charge is -2.11. The molecule has 1 saturated heterocycles. The topological polar surface area (TPSA) is 61.5 Å². The molecule has 2 N–H and O–H groups in total. The van der Waals surface area contributed by atoms with Crippen molar-refractivity contribution < 1.29 is 14.3 Å². The van der Waals surface area contributed by atoms with Crippen LogP contribution in [-0.4, -0.2) is 31.5 Å². The Hall–Kier alpha value is -1.20. The molecular weight excluding hydrogens is 250 g/mol. The molecule has 0 saturated carbocycles. The first-order valence-corrected chi connectivity index (χ1v) is 6.91. The fourth-order valence-electron chi connectivity index (χ4n) is 1.86. The number of ether oxygens (including phenoxy) is 2. The highest BCUT2D eigenvalue weighted by molar-refractivity contribution is 7.99. The van der Waals surface area contributed by atoms with Crippen LogP contribution >= 0.6 is 11.8 Å². The minimum atomic E-state index is -0.339. The molecular formula is C13H17NO3S. The van der Waals surface area contributed by atoms with E-state index in [4.69, 9.17) is 15.2 Å². The number of nitrogen functional groups attached to an aromatic ring is 1. The van der Waals surface area contributed by atoms with Gasteiger partial charge in [0.2, 0.25) is 0 Å². The van der Waals surface area contributed by atoms with Crippen LogP contribution in [0, 0.1) is 0 Å². The Kier molecular flexibility index (Phi) is 4.49. The van der Waals surface area contributed by atoms with Gasteiger partial charge in [0.1, 0.15) is 0 Å². The summed E-state index contributed by atoms with van der Waals surface area (Å²) in [5.74, 6) is 0.531. The number of esters is 1. The molecule has 0 spiro atoms. The molecule has 1 fully saturated rings. The van der Waals surface area contributed by atoms with Gasteiger partial charge in [-0.15, -0.1) is 11.8 Å². The van der Waals surface area contributed by atoms with E-state index in [1.54, 1.807) is 30.0 Å². The highest BCUT2D eigenvalue weighted by Gasteiger charge is 2.16. The second-order valence-corrected chi connectivity index (χ2v) is 5.25. The summed E-state index contributed by atoms with van der Waals surface area (Å²) in [6, 6.07) is 5.20. The molecule has 0 radical (unpaired) electrons. The molecule has 1 aromatic rings. The van der Waals surface area contributed by atoms with Crippen molar-refractivity contribution >= 4 is 23.4 Å².